The number of hydrogen-bond donors (Lipinski definition) is 0. The van der Waals surface area contributed by atoms with Gasteiger partial charge in [-0.05, 0) is 44.0 Å². The molecule has 1 aliphatic carbocycles. The van der Waals surface area contributed by atoms with Crippen LogP contribution < -0.4 is 0 Å². The molecule has 2 amide bonds. The standard InChI is InChI=1S/C22H25N3O2/c1-16-6-5-7-17(12-16)20(26)25-11-9-22(15-25)13-19(22)21(27)24(2)14-18-8-3-4-10-23-18/h3-8,10,12,19H,9,11,13-15H2,1-2H3/t19-,22-/m0/s1. The van der Waals surface area contributed by atoms with Gasteiger partial charge in [-0.25, -0.2) is 0 Å². The van der Waals surface area contributed by atoms with E-state index in [4.69, 9.17) is 0 Å². The van der Waals surface area contributed by atoms with E-state index in [9.17, 15) is 9.59 Å². The number of hydrogen-bond acceptors (Lipinski definition) is 3. The lowest BCUT2D eigenvalue weighted by Gasteiger charge is -2.19. The summed E-state index contributed by atoms with van der Waals surface area (Å²) in [5.74, 6) is 0.280. The van der Waals surface area contributed by atoms with Crippen molar-refractivity contribution in [1.29, 1.82) is 0 Å². The number of likely N-dealkylation sites (tertiary alicyclic amines) is 1. The molecule has 1 spiro atoms. The van der Waals surface area contributed by atoms with Gasteiger partial charge in [-0.2, -0.15) is 0 Å². The van der Waals surface area contributed by atoms with Crippen molar-refractivity contribution in [2.45, 2.75) is 26.3 Å². The van der Waals surface area contributed by atoms with Crippen molar-refractivity contribution in [2.75, 3.05) is 20.1 Å². The molecule has 2 atom stereocenters. The number of carbonyl (C=O) groups is 2. The molecule has 5 nitrogen and oxygen atoms in total. The molecule has 5 heteroatoms. The summed E-state index contributed by atoms with van der Waals surface area (Å²) < 4.78 is 0. The van der Waals surface area contributed by atoms with E-state index in [1.807, 2.05) is 61.3 Å². The minimum Gasteiger partial charge on any atom is -0.340 e. The summed E-state index contributed by atoms with van der Waals surface area (Å²) in [5.41, 5.74) is 2.70. The number of carbonyl (C=O) groups excluding carboxylic acids is 2. The van der Waals surface area contributed by atoms with Crippen molar-refractivity contribution >= 4 is 11.8 Å². The predicted octanol–water partition coefficient (Wildman–Crippen LogP) is 2.90. The van der Waals surface area contributed by atoms with E-state index >= 15 is 0 Å². The normalized spacial score (nSPS) is 23.5. The van der Waals surface area contributed by atoms with Gasteiger partial charge in [0.1, 0.15) is 0 Å². The molecule has 2 aromatic rings. The van der Waals surface area contributed by atoms with Crippen LogP contribution in [0, 0.1) is 18.3 Å². The Morgan fingerprint density at radius 2 is 2.11 bits per heavy atom. The summed E-state index contributed by atoms with van der Waals surface area (Å²) in [6, 6.07) is 13.5. The highest BCUT2D eigenvalue weighted by atomic mass is 16.2. The molecule has 1 saturated carbocycles. The van der Waals surface area contributed by atoms with Gasteiger partial charge in [-0.15, -0.1) is 0 Å². The minimum absolute atomic E-state index is 0.0189. The van der Waals surface area contributed by atoms with Gasteiger partial charge >= 0.3 is 0 Å². The molecule has 4 rings (SSSR count). The first-order valence-electron chi connectivity index (χ1n) is 9.49. The van der Waals surface area contributed by atoms with E-state index < -0.39 is 0 Å². The van der Waals surface area contributed by atoms with Gasteiger partial charge in [-0.1, -0.05) is 23.8 Å². The van der Waals surface area contributed by atoms with Crippen LogP contribution in [-0.4, -0.2) is 46.7 Å². The molecule has 27 heavy (non-hydrogen) atoms. The summed E-state index contributed by atoms with van der Waals surface area (Å²) >= 11 is 0. The monoisotopic (exact) mass is 363 g/mol. The van der Waals surface area contributed by atoms with Crippen LogP contribution >= 0.6 is 0 Å². The lowest BCUT2D eigenvalue weighted by molar-refractivity contribution is -0.132. The summed E-state index contributed by atoms with van der Waals surface area (Å²) in [6.07, 6.45) is 3.55. The van der Waals surface area contributed by atoms with Gasteiger partial charge in [0, 0.05) is 43.2 Å². The molecule has 2 heterocycles. The van der Waals surface area contributed by atoms with Crippen LogP contribution in [0.4, 0.5) is 0 Å². The molecule has 140 valence electrons. The van der Waals surface area contributed by atoms with Crippen LogP contribution in [-0.2, 0) is 11.3 Å². The second-order valence-electron chi connectivity index (χ2n) is 7.98. The Morgan fingerprint density at radius 3 is 2.85 bits per heavy atom. The topological polar surface area (TPSA) is 53.5 Å². The van der Waals surface area contributed by atoms with Crippen molar-refractivity contribution in [1.82, 2.24) is 14.8 Å². The Balaban J connectivity index is 1.38. The highest BCUT2D eigenvalue weighted by Crippen LogP contribution is 2.59. The second kappa shape index (κ2) is 6.80. The first-order chi connectivity index (χ1) is 13.0. The van der Waals surface area contributed by atoms with Crippen LogP contribution in [0.3, 0.4) is 0 Å². The predicted molar refractivity (Wildman–Crippen MR) is 103 cm³/mol. The molecule has 1 saturated heterocycles. The van der Waals surface area contributed by atoms with Crippen molar-refractivity contribution < 1.29 is 9.59 Å². The third kappa shape index (κ3) is 3.46. The molecule has 2 aliphatic rings. The molecule has 0 bridgehead atoms. The number of nitrogens with zero attached hydrogens (tertiary/aromatic N) is 3. The van der Waals surface area contributed by atoms with E-state index in [0.717, 1.165) is 36.2 Å². The maximum absolute atomic E-state index is 12.9. The van der Waals surface area contributed by atoms with Crippen molar-refractivity contribution in [3.63, 3.8) is 0 Å². The van der Waals surface area contributed by atoms with Crippen LogP contribution in [0.15, 0.2) is 48.7 Å². The smallest absolute Gasteiger partial charge is 0.253 e. The maximum atomic E-state index is 12.9. The Morgan fingerprint density at radius 1 is 1.26 bits per heavy atom. The average molecular weight is 363 g/mol. The summed E-state index contributed by atoms with van der Waals surface area (Å²) in [5, 5.41) is 0. The number of rotatable bonds is 4. The second-order valence-corrected chi connectivity index (χ2v) is 7.98. The quantitative estimate of drug-likeness (QED) is 0.839. The van der Waals surface area contributed by atoms with Gasteiger partial charge in [0.15, 0.2) is 0 Å². The summed E-state index contributed by atoms with van der Waals surface area (Å²) in [7, 11) is 1.84. The van der Waals surface area contributed by atoms with Gasteiger partial charge in [0.25, 0.3) is 5.91 Å². The molecular weight excluding hydrogens is 338 g/mol. The van der Waals surface area contributed by atoms with E-state index in [0.29, 0.717) is 13.1 Å². The Kier molecular flexibility index (Phi) is 4.46. The molecule has 0 radical (unpaired) electrons. The Labute approximate surface area is 160 Å². The van der Waals surface area contributed by atoms with E-state index in [2.05, 4.69) is 4.98 Å². The van der Waals surface area contributed by atoms with E-state index in [1.54, 1.807) is 11.1 Å². The zero-order valence-corrected chi connectivity index (χ0v) is 15.9. The molecule has 2 fully saturated rings. The molecule has 0 unspecified atom stereocenters. The average Bonchev–Trinajstić information content (AvgIpc) is 3.20. The molecule has 1 aromatic carbocycles. The largest absolute Gasteiger partial charge is 0.340 e. The van der Waals surface area contributed by atoms with Gasteiger partial charge in [0.2, 0.25) is 5.91 Å². The lowest BCUT2D eigenvalue weighted by Crippen LogP contribution is -2.32. The Bertz CT molecular complexity index is 867. The summed E-state index contributed by atoms with van der Waals surface area (Å²) in [6.45, 7) is 3.95. The molecule has 0 N–H and O–H groups in total. The molecular formula is C22H25N3O2. The fourth-order valence-corrected chi connectivity index (χ4v) is 4.26. The number of amides is 2. The zero-order valence-electron chi connectivity index (χ0n) is 15.9. The first-order valence-corrected chi connectivity index (χ1v) is 9.49. The van der Waals surface area contributed by atoms with Crippen LogP contribution in [0.5, 0.6) is 0 Å². The Hall–Kier alpha value is -2.69. The maximum Gasteiger partial charge on any atom is 0.253 e. The fraction of sp³-hybridized carbons (Fsp3) is 0.409. The number of aromatic nitrogens is 1. The third-order valence-corrected chi connectivity index (χ3v) is 5.93. The number of benzene rings is 1. The SMILES string of the molecule is Cc1cccc(C(=O)N2CC[C@]3(C[C@H]3C(=O)N(C)Cc3ccccn3)C2)c1. The van der Waals surface area contributed by atoms with Crippen molar-refractivity contribution in [3.8, 4) is 0 Å². The van der Waals surface area contributed by atoms with Crippen molar-refractivity contribution in [2.24, 2.45) is 11.3 Å². The third-order valence-electron chi connectivity index (χ3n) is 5.93. The van der Waals surface area contributed by atoms with Crippen LogP contribution in [0.25, 0.3) is 0 Å². The van der Waals surface area contributed by atoms with Gasteiger partial charge in [-0.3, -0.25) is 14.6 Å². The first kappa shape index (κ1) is 17.7. The van der Waals surface area contributed by atoms with Crippen LogP contribution in [0.1, 0.15) is 34.5 Å². The number of pyridine rings is 1. The van der Waals surface area contributed by atoms with Crippen molar-refractivity contribution in [3.05, 3.63) is 65.5 Å². The number of aryl methyl sites for hydroxylation is 1. The van der Waals surface area contributed by atoms with E-state index in [-0.39, 0.29) is 23.1 Å². The lowest BCUT2D eigenvalue weighted by atomic mass is 10.0. The van der Waals surface area contributed by atoms with Crippen LogP contribution in [0.2, 0.25) is 0 Å². The highest BCUT2D eigenvalue weighted by Gasteiger charge is 2.61. The molecule has 1 aliphatic heterocycles. The van der Waals surface area contributed by atoms with E-state index in [1.165, 1.54) is 0 Å². The van der Waals surface area contributed by atoms with Gasteiger partial charge in [0.05, 0.1) is 12.2 Å². The van der Waals surface area contributed by atoms with Gasteiger partial charge < -0.3 is 9.80 Å². The molecule has 1 aromatic heterocycles. The summed E-state index contributed by atoms with van der Waals surface area (Å²) in [4.78, 5) is 33.6. The highest BCUT2D eigenvalue weighted by molar-refractivity contribution is 5.95. The minimum atomic E-state index is -0.0189. The fourth-order valence-electron chi connectivity index (χ4n) is 4.26. The zero-order chi connectivity index (χ0) is 19.0.